The predicted octanol–water partition coefficient (Wildman–Crippen LogP) is 2.57. The van der Waals surface area contributed by atoms with Gasteiger partial charge in [0, 0.05) is 18.1 Å². The van der Waals surface area contributed by atoms with Crippen LogP contribution in [0, 0.1) is 5.92 Å². The van der Waals surface area contributed by atoms with E-state index in [1.807, 2.05) is 17.0 Å². The van der Waals surface area contributed by atoms with Crippen molar-refractivity contribution in [1.82, 2.24) is 10.2 Å². The molecule has 1 aromatic carbocycles. The zero-order chi connectivity index (χ0) is 15.1. The first-order valence-corrected chi connectivity index (χ1v) is 7.93. The van der Waals surface area contributed by atoms with Crippen LogP contribution in [-0.2, 0) is 4.79 Å². The number of amides is 1. The fourth-order valence-electron chi connectivity index (χ4n) is 2.53. The standard InChI is InChI=1S/C16H23ClN2O2/c1-2-18-11-13-6-8-19(9-7-13)16(20)12-21-15-5-3-4-14(17)10-15/h3-5,10,13,18H,2,6-9,11-12H2,1H3. The van der Waals surface area contributed by atoms with Crippen molar-refractivity contribution in [1.29, 1.82) is 0 Å². The third-order valence-electron chi connectivity index (χ3n) is 3.81. The molecule has 21 heavy (non-hydrogen) atoms. The zero-order valence-corrected chi connectivity index (χ0v) is 13.2. The van der Waals surface area contributed by atoms with Gasteiger partial charge >= 0.3 is 0 Å². The van der Waals surface area contributed by atoms with Crippen molar-refractivity contribution >= 4 is 17.5 Å². The average Bonchev–Trinajstić information content (AvgIpc) is 2.51. The van der Waals surface area contributed by atoms with Crippen molar-refractivity contribution in [2.75, 3.05) is 32.8 Å². The summed E-state index contributed by atoms with van der Waals surface area (Å²) < 4.78 is 5.51. The van der Waals surface area contributed by atoms with E-state index in [-0.39, 0.29) is 12.5 Å². The number of halogens is 1. The smallest absolute Gasteiger partial charge is 0.260 e. The fourth-order valence-corrected chi connectivity index (χ4v) is 2.71. The Balaban J connectivity index is 1.72. The quantitative estimate of drug-likeness (QED) is 0.878. The molecular formula is C16H23ClN2O2. The Morgan fingerprint density at radius 3 is 2.86 bits per heavy atom. The molecule has 0 saturated carbocycles. The van der Waals surface area contributed by atoms with E-state index in [0.29, 0.717) is 16.7 Å². The predicted molar refractivity (Wildman–Crippen MR) is 84.8 cm³/mol. The Morgan fingerprint density at radius 1 is 1.43 bits per heavy atom. The Bertz CT molecular complexity index is 459. The molecule has 1 aliphatic rings. The van der Waals surface area contributed by atoms with Crippen molar-refractivity contribution in [2.45, 2.75) is 19.8 Å². The van der Waals surface area contributed by atoms with E-state index in [2.05, 4.69) is 12.2 Å². The summed E-state index contributed by atoms with van der Waals surface area (Å²) in [6, 6.07) is 7.12. The van der Waals surface area contributed by atoms with Gasteiger partial charge in [-0.05, 0) is 50.0 Å². The highest BCUT2D eigenvalue weighted by Crippen LogP contribution is 2.19. The summed E-state index contributed by atoms with van der Waals surface area (Å²) in [5.41, 5.74) is 0. The van der Waals surface area contributed by atoms with Gasteiger partial charge in [0.05, 0.1) is 0 Å². The lowest BCUT2D eigenvalue weighted by Crippen LogP contribution is -2.42. The molecule has 1 aliphatic heterocycles. The maximum Gasteiger partial charge on any atom is 0.260 e. The van der Waals surface area contributed by atoms with Crippen LogP contribution >= 0.6 is 11.6 Å². The van der Waals surface area contributed by atoms with Crippen LogP contribution in [-0.4, -0.2) is 43.6 Å². The second-order valence-electron chi connectivity index (χ2n) is 5.38. The van der Waals surface area contributed by atoms with E-state index in [1.165, 1.54) is 0 Å². The van der Waals surface area contributed by atoms with Gasteiger partial charge in [-0.15, -0.1) is 0 Å². The molecule has 1 N–H and O–H groups in total. The second-order valence-corrected chi connectivity index (χ2v) is 5.81. The van der Waals surface area contributed by atoms with Crippen LogP contribution in [0.25, 0.3) is 0 Å². The molecule has 0 atom stereocenters. The lowest BCUT2D eigenvalue weighted by molar-refractivity contribution is -0.134. The number of rotatable bonds is 6. The number of hydrogen-bond donors (Lipinski definition) is 1. The number of nitrogens with one attached hydrogen (secondary N) is 1. The van der Waals surface area contributed by atoms with Gasteiger partial charge in [0.2, 0.25) is 0 Å². The third kappa shape index (κ3) is 5.21. The van der Waals surface area contributed by atoms with Gasteiger partial charge in [-0.1, -0.05) is 24.6 Å². The highest BCUT2D eigenvalue weighted by Gasteiger charge is 2.22. The molecule has 0 radical (unpaired) electrons. The summed E-state index contributed by atoms with van der Waals surface area (Å²) >= 11 is 5.89. The first-order valence-electron chi connectivity index (χ1n) is 7.56. The van der Waals surface area contributed by atoms with Gasteiger partial charge in [-0.3, -0.25) is 4.79 Å². The van der Waals surface area contributed by atoms with E-state index >= 15 is 0 Å². The topological polar surface area (TPSA) is 41.6 Å². The average molecular weight is 311 g/mol. The summed E-state index contributed by atoms with van der Waals surface area (Å²) in [4.78, 5) is 14.0. The number of piperidine rings is 1. The summed E-state index contributed by atoms with van der Waals surface area (Å²) in [5, 5.41) is 3.99. The normalized spacial score (nSPS) is 16.0. The number of carbonyl (C=O) groups excluding carboxylic acids is 1. The molecule has 0 spiro atoms. The van der Waals surface area contributed by atoms with E-state index in [0.717, 1.165) is 39.0 Å². The van der Waals surface area contributed by atoms with Crippen LogP contribution in [0.1, 0.15) is 19.8 Å². The number of carbonyl (C=O) groups is 1. The maximum absolute atomic E-state index is 12.1. The Hall–Kier alpha value is -1.26. The minimum atomic E-state index is 0.0527. The number of ether oxygens (including phenoxy) is 1. The van der Waals surface area contributed by atoms with Crippen LogP contribution in [0.3, 0.4) is 0 Å². The molecule has 0 aliphatic carbocycles. The van der Waals surface area contributed by atoms with Crippen molar-refractivity contribution < 1.29 is 9.53 Å². The van der Waals surface area contributed by atoms with Gasteiger partial charge in [0.1, 0.15) is 5.75 Å². The van der Waals surface area contributed by atoms with Gasteiger partial charge < -0.3 is 15.0 Å². The monoisotopic (exact) mass is 310 g/mol. The number of benzene rings is 1. The van der Waals surface area contributed by atoms with Crippen molar-refractivity contribution in [3.05, 3.63) is 29.3 Å². The van der Waals surface area contributed by atoms with Gasteiger partial charge in [-0.2, -0.15) is 0 Å². The molecule has 116 valence electrons. The largest absolute Gasteiger partial charge is 0.484 e. The first-order chi connectivity index (χ1) is 10.2. The van der Waals surface area contributed by atoms with Crippen molar-refractivity contribution in [3.8, 4) is 5.75 Å². The molecule has 0 bridgehead atoms. The highest BCUT2D eigenvalue weighted by molar-refractivity contribution is 6.30. The van der Waals surface area contributed by atoms with Crippen LogP contribution in [0.2, 0.25) is 5.02 Å². The fraction of sp³-hybridized carbons (Fsp3) is 0.562. The first kappa shape index (κ1) is 16.1. The minimum absolute atomic E-state index is 0.0527. The molecular weight excluding hydrogens is 288 g/mol. The molecule has 1 amide bonds. The molecule has 0 unspecified atom stereocenters. The van der Waals surface area contributed by atoms with Crippen LogP contribution in [0.15, 0.2) is 24.3 Å². The molecule has 1 heterocycles. The van der Waals surface area contributed by atoms with Gasteiger partial charge in [-0.25, -0.2) is 0 Å². The number of likely N-dealkylation sites (tertiary alicyclic amines) is 1. The van der Waals surface area contributed by atoms with Crippen LogP contribution < -0.4 is 10.1 Å². The number of nitrogens with zero attached hydrogens (tertiary/aromatic N) is 1. The van der Waals surface area contributed by atoms with Gasteiger partial charge in [0.25, 0.3) is 5.91 Å². The second kappa shape index (κ2) is 8.25. The van der Waals surface area contributed by atoms with Gasteiger partial charge in [0.15, 0.2) is 6.61 Å². The molecule has 1 fully saturated rings. The third-order valence-corrected chi connectivity index (χ3v) is 4.04. The lowest BCUT2D eigenvalue weighted by Gasteiger charge is -2.32. The molecule has 0 aromatic heterocycles. The summed E-state index contributed by atoms with van der Waals surface area (Å²) in [6.45, 7) is 5.91. The van der Waals surface area contributed by atoms with Crippen molar-refractivity contribution in [2.24, 2.45) is 5.92 Å². The number of hydrogen-bond acceptors (Lipinski definition) is 3. The van der Waals surface area contributed by atoms with E-state index in [9.17, 15) is 4.79 Å². The zero-order valence-electron chi connectivity index (χ0n) is 12.5. The lowest BCUT2D eigenvalue weighted by atomic mass is 9.97. The Labute approximate surface area is 131 Å². The van der Waals surface area contributed by atoms with Crippen LogP contribution in [0.4, 0.5) is 0 Å². The maximum atomic E-state index is 12.1. The molecule has 2 rings (SSSR count). The molecule has 1 aromatic rings. The summed E-state index contributed by atoms with van der Waals surface area (Å²) in [5.74, 6) is 1.37. The molecule has 4 nitrogen and oxygen atoms in total. The van der Waals surface area contributed by atoms with Crippen molar-refractivity contribution in [3.63, 3.8) is 0 Å². The van der Waals surface area contributed by atoms with Crippen LogP contribution in [0.5, 0.6) is 5.75 Å². The van der Waals surface area contributed by atoms with E-state index in [1.54, 1.807) is 12.1 Å². The Kier molecular flexibility index (Phi) is 6.33. The molecule has 1 saturated heterocycles. The minimum Gasteiger partial charge on any atom is -0.484 e. The molecule has 5 heteroatoms. The summed E-state index contributed by atoms with van der Waals surface area (Å²) in [6.07, 6.45) is 2.13. The van der Waals surface area contributed by atoms with E-state index in [4.69, 9.17) is 16.3 Å². The Morgan fingerprint density at radius 2 is 2.19 bits per heavy atom. The highest BCUT2D eigenvalue weighted by atomic mass is 35.5. The summed E-state index contributed by atoms with van der Waals surface area (Å²) in [7, 11) is 0. The SMILES string of the molecule is CCNCC1CCN(C(=O)COc2cccc(Cl)c2)CC1. The van der Waals surface area contributed by atoms with E-state index < -0.39 is 0 Å².